The number of carbonyl (C=O) groups excluding carboxylic acids is 1. The molecular formula is C16H20N2O3. The minimum atomic E-state index is -0.779. The molecule has 2 heterocycles. The predicted octanol–water partition coefficient (Wildman–Crippen LogP) is 2.49. The highest BCUT2D eigenvalue weighted by molar-refractivity contribution is 5.93. The van der Waals surface area contributed by atoms with Crippen molar-refractivity contribution >= 4 is 17.7 Å². The number of carboxylic acid groups (broad SMARTS) is 1. The van der Waals surface area contributed by atoms with Crippen molar-refractivity contribution in [3.8, 4) is 0 Å². The predicted molar refractivity (Wildman–Crippen MR) is 79.4 cm³/mol. The Labute approximate surface area is 124 Å². The Bertz CT molecular complexity index is 587. The van der Waals surface area contributed by atoms with Gasteiger partial charge in [0.2, 0.25) is 0 Å². The van der Waals surface area contributed by atoms with Crippen molar-refractivity contribution in [3.63, 3.8) is 0 Å². The Hall–Kier alpha value is -2.04. The van der Waals surface area contributed by atoms with Gasteiger partial charge in [0, 0.05) is 24.8 Å². The number of hydrogen-bond donors (Lipinski definition) is 1. The second-order valence-corrected chi connectivity index (χ2v) is 6.07. The zero-order chi connectivity index (χ0) is 15.1. The maximum absolute atomic E-state index is 12.7. The van der Waals surface area contributed by atoms with Gasteiger partial charge >= 0.3 is 12.0 Å². The van der Waals surface area contributed by atoms with Crippen molar-refractivity contribution in [2.45, 2.75) is 38.3 Å². The van der Waals surface area contributed by atoms with Gasteiger partial charge < -0.3 is 10.0 Å². The fraction of sp³-hybridized carbons (Fsp3) is 0.500. The first-order chi connectivity index (χ1) is 9.99. The van der Waals surface area contributed by atoms with E-state index in [0.29, 0.717) is 6.42 Å². The van der Waals surface area contributed by atoms with E-state index >= 15 is 0 Å². The molecule has 2 saturated heterocycles. The summed E-state index contributed by atoms with van der Waals surface area (Å²) in [6.45, 7) is 1.99. The lowest BCUT2D eigenvalue weighted by Gasteiger charge is -2.29. The molecule has 0 spiro atoms. The number of fused-ring (bicyclic) bond motifs is 2. The van der Waals surface area contributed by atoms with E-state index in [1.54, 1.807) is 16.8 Å². The first kappa shape index (κ1) is 13.9. The fourth-order valence-electron chi connectivity index (χ4n) is 3.67. The van der Waals surface area contributed by atoms with Crippen LogP contribution in [-0.2, 0) is 4.79 Å². The van der Waals surface area contributed by atoms with Gasteiger partial charge in [0.05, 0.1) is 5.92 Å². The van der Waals surface area contributed by atoms with Gasteiger partial charge in [0.15, 0.2) is 0 Å². The first-order valence-electron chi connectivity index (χ1n) is 7.34. The number of carboxylic acids is 1. The number of hydrogen-bond acceptors (Lipinski definition) is 2. The summed E-state index contributed by atoms with van der Waals surface area (Å²) in [5.41, 5.74) is 1.94. The van der Waals surface area contributed by atoms with E-state index < -0.39 is 11.9 Å². The highest BCUT2D eigenvalue weighted by Gasteiger charge is 2.52. The molecule has 3 rings (SSSR count). The summed E-state index contributed by atoms with van der Waals surface area (Å²) < 4.78 is 0. The highest BCUT2D eigenvalue weighted by atomic mass is 16.4. The minimum Gasteiger partial charge on any atom is -0.481 e. The lowest BCUT2D eigenvalue weighted by molar-refractivity contribution is -0.142. The van der Waals surface area contributed by atoms with E-state index in [9.17, 15) is 14.7 Å². The van der Waals surface area contributed by atoms with Gasteiger partial charge in [-0.1, -0.05) is 12.1 Å². The van der Waals surface area contributed by atoms with E-state index in [0.717, 1.165) is 24.1 Å². The third kappa shape index (κ3) is 2.26. The minimum absolute atomic E-state index is 0.0795. The smallest absolute Gasteiger partial charge is 0.324 e. The van der Waals surface area contributed by atoms with Gasteiger partial charge in [-0.15, -0.1) is 0 Å². The van der Waals surface area contributed by atoms with E-state index in [-0.39, 0.29) is 18.1 Å². The SMILES string of the molecule is Cc1cccc(N(C)C(=O)N2C3CCC2C(C(=O)O)C3)c1. The third-order valence-electron chi connectivity index (χ3n) is 4.75. The average molecular weight is 288 g/mol. The summed E-state index contributed by atoms with van der Waals surface area (Å²) in [6, 6.07) is 7.62. The van der Waals surface area contributed by atoms with E-state index in [1.807, 2.05) is 31.2 Å². The van der Waals surface area contributed by atoms with Gasteiger partial charge in [-0.05, 0) is 43.9 Å². The maximum atomic E-state index is 12.7. The van der Waals surface area contributed by atoms with Crippen LogP contribution in [0.3, 0.4) is 0 Å². The number of urea groups is 1. The van der Waals surface area contributed by atoms with Crippen LogP contribution in [0.1, 0.15) is 24.8 Å². The molecule has 21 heavy (non-hydrogen) atoms. The van der Waals surface area contributed by atoms with Crippen LogP contribution in [0.25, 0.3) is 0 Å². The van der Waals surface area contributed by atoms with Gasteiger partial charge in [0.1, 0.15) is 0 Å². The first-order valence-corrected chi connectivity index (χ1v) is 7.34. The molecule has 0 radical (unpaired) electrons. The van der Waals surface area contributed by atoms with Crippen LogP contribution in [0.15, 0.2) is 24.3 Å². The molecule has 3 unspecified atom stereocenters. The Kier molecular flexibility index (Phi) is 3.35. The molecule has 2 aliphatic heterocycles. The number of aliphatic carboxylic acids is 1. The number of amides is 2. The number of aryl methyl sites for hydroxylation is 1. The average Bonchev–Trinajstić information content (AvgIpc) is 3.03. The van der Waals surface area contributed by atoms with Crippen LogP contribution in [0.2, 0.25) is 0 Å². The lowest BCUT2D eigenvalue weighted by Crippen LogP contribution is -2.45. The van der Waals surface area contributed by atoms with Gasteiger partial charge in [-0.2, -0.15) is 0 Å². The van der Waals surface area contributed by atoms with E-state index in [2.05, 4.69) is 0 Å². The lowest BCUT2D eigenvalue weighted by atomic mass is 9.89. The van der Waals surface area contributed by atoms with Crippen molar-refractivity contribution in [1.82, 2.24) is 4.90 Å². The Morgan fingerprint density at radius 3 is 2.71 bits per heavy atom. The standard InChI is InChI=1S/C16H20N2O3/c1-10-4-3-5-11(8-10)17(2)16(21)18-12-6-7-14(18)13(9-12)15(19)20/h3-5,8,12-14H,6-7,9H2,1-2H3,(H,19,20). The van der Waals surface area contributed by atoms with E-state index in [1.165, 1.54) is 0 Å². The van der Waals surface area contributed by atoms with Crippen LogP contribution in [0, 0.1) is 12.8 Å². The second kappa shape index (κ2) is 5.06. The van der Waals surface area contributed by atoms with Gasteiger partial charge in [0.25, 0.3) is 0 Å². The summed E-state index contributed by atoms with van der Waals surface area (Å²) in [5, 5.41) is 9.28. The number of nitrogens with zero attached hydrogens (tertiary/aromatic N) is 2. The van der Waals surface area contributed by atoms with Crippen LogP contribution in [0.4, 0.5) is 10.5 Å². The largest absolute Gasteiger partial charge is 0.481 e. The molecule has 0 aliphatic carbocycles. The number of anilines is 1. The van der Waals surface area contributed by atoms with Crippen LogP contribution >= 0.6 is 0 Å². The van der Waals surface area contributed by atoms with Crippen molar-refractivity contribution in [3.05, 3.63) is 29.8 Å². The van der Waals surface area contributed by atoms with Gasteiger partial charge in [-0.3, -0.25) is 9.69 Å². The van der Waals surface area contributed by atoms with Crippen LogP contribution in [0.5, 0.6) is 0 Å². The summed E-state index contributed by atoms with van der Waals surface area (Å²) in [4.78, 5) is 27.5. The quantitative estimate of drug-likeness (QED) is 0.909. The zero-order valence-electron chi connectivity index (χ0n) is 12.3. The molecule has 2 amide bonds. The molecule has 2 bridgehead atoms. The van der Waals surface area contributed by atoms with Crippen LogP contribution in [-0.4, -0.2) is 41.1 Å². The molecule has 5 heteroatoms. The normalized spacial score (nSPS) is 27.0. The Morgan fingerprint density at radius 2 is 2.10 bits per heavy atom. The molecule has 1 N–H and O–H groups in total. The van der Waals surface area contributed by atoms with Crippen LogP contribution < -0.4 is 4.90 Å². The highest BCUT2D eigenvalue weighted by Crippen LogP contribution is 2.42. The second-order valence-electron chi connectivity index (χ2n) is 6.07. The van der Waals surface area contributed by atoms with Crippen molar-refractivity contribution in [2.75, 3.05) is 11.9 Å². The molecule has 1 aromatic carbocycles. The molecule has 0 saturated carbocycles. The topological polar surface area (TPSA) is 60.9 Å². The maximum Gasteiger partial charge on any atom is 0.324 e. The molecule has 1 aromatic rings. The summed E-state index contributed by atoms with van der Waals surface area (Å²) >= 11 is 0. The molecule has 112 valence electrons. The molecule has 0 aromatic heterocycles. The van der Waals surface area contributed by atoms with Crippen molar-refractivity contribution in [1.29, 1.82) is 0 Å². The number of rotatable bonds is 2. The Morgan fingerprint density at radius 1 is 1.33 bits per heavy atom. The summed E-state index contributed by atoms with van der Waals surface area (Å²) in [5.74, 6) is -1.18. The van der Waals surface area contributed by atoms with Crippen molar-refractivity contribution < 1.29 is 14.7 Å². The molecule has 2 fully saturated rings. The molecular weight excluding hydrogens is 268 g/mol. The zero-order valence-corrected chi connectivity index (χ0v) is 12.3. The fourth-order valence-corrected chi connectivity index (χ4v) is 3.67. The molecule has 5 nitrogen and oxygen atoms in total. The molecule has 2 aliphatic rings. The monoisotopic (exact) mass is 288 g/mol. The third-order valence-corrected chi connectivity index (χ3v) is 4.75. The summed E-state index contributed by atoms with van der Waals surface area (Å²) in [6.07, 6.45) is 2.31. The number of carbonyl (C=O) groups is 2. The van der Waals surface area contributed by atoms with E-state index in [4.69, 9.17) is 0 Å². The van der Waals surface area contributed by atoms with Crippen molar-refractivity contribution in [2.24, 2.45) is 5.92 Å². The summed E-state index contributed by atoms with van der Waals surface area (Å²) in [7, 11) is 1.75. The Balaban J connectivity index is 1.81. The van der Waals surface area contributed by atoms with Gasteiger partial charge in [-0.25, -0.2) is 4.79 Å². The molecule has 3 atom stereocenters. The number of benzene rings is 1.